The van der Waals surface area contributed by atoms with Gasteiger partial charge in [0, 0.05) is 82.1 Å². The van der Waals surface area contributed by atoms with E-state index in [2.05, 4.69) is 15.1 Å². The molecule has 0 unspecified atom stereocenters. The van der Waals surface area contributed by atoms with E-state index in [0.717, 1.165) is 28.6 Å². The predicted octanol–water partition coefficient (Wildman–Crippen LogP) is 4.51. The molecule has 0 atom stereocenters. The molecule has 1 aromatic carbocycles. The second kappa shape index (κ2) is 15.9. The maximum atomic E-state index is 12.4. The number of carbonyl (C=O) groups excluding carboxylic acids is 4. The van der Waals surface area contributed by atoms with E-state index in [1.807, 2.05) is 55.2 Å². The highest BCUT2D eigenvalue weighted by atomic mass is 32.1. The molecule has 37 heavy (non-hydrogen) atoms. The van der Waals surface area contributed by atoms with Gasteiger partial charge in [-0.15, -0.1) is 0 Å². The lowest BCUT2D eigenvalue weighted by molar-refractivity contribution is -0.654. The van der Waals surface area contributed by atoms with Crippen molar-refractivity contribution in [3.63, 3.8) is 0 Å². The molecular formula is C27H37N4O5S+. The molecule has 2 rings (SSSR count). The molecule has 0 fully saturated rings. The summed E-state index contributed by atoms with van der Waals surface area (Å²) in [6.45, 7) is 5.08. The highest BCUT2D eigenvalue weighted by molar-refractivity contribution is 7.12. The third-order valence-corrected chi connectivity index (χ3v) is 6.87. The number of hydrogen-bond acceptors (Lipinski definition) is 9. The number of rotatable bonds is 18. The van der Waals surface area contributed by atoms with Gasteiger partial charge in [-0.2, -0.15) is 0 Å². The molecule has 0 aliphatic carbocycles. The summed E-state index contributed by atoms with van der Waals surface area (Å²) in [5, 5.41) is 20.2. The minimum atomic E-state index is -0.219. The molecule has 0 saturated carbocycles. The number of ketones is 4. The molecular weight excluding hydrogens is 492 g/mol. The first-order valence-corrected chi connectivity index (χ1v) is 13.5. The van der Waals surface area contributed by atoms with Crippen molar-refractivity contribution in [2.24, 2.45) is 17.3 Å². The summed E-state index contributed by atoms with van der Waals surface area (Å²) in [5.41, 5.74) is 2.78. The third kappa shape index (κ3) is 10.8. The Labute approximate surface area is 222 Å². The number of hydrogen-bond donors (Lipinski definition) is 1. The van der Waals surface area contributed by atoms with Crippen LogP contribution in [-0.2, 0) is 26.2 Å². The molecule has 0 radical (unpaired) electrons. The molecule has 9 nitrogen and oxygen atoms in total. The van der Waals surface area contributed by atoms with Gasteiger partial charge in [0.25, 0.3) is 0 Å². The van der Waals surface area contributed by atoms with E-state index in [-0.39, 0.29) is 74.7 Å². The lowest BCUT2D eigenvalue weighted by atomic mass is 10.0. The lowest BCUT2D eigenvalue weighted by Crippen LogP contribution is -2.26. The number of benzene rings is 1. The molecule has 1 N–H and O–H groups in total. The van der Waals surface area contributed by atoms with Crippen LogP contribution in [0.4, 0.5) is 16.5 Å². The average molecular weight is 530 g/mol. The molecule has 0 aliphatic heterocycles. The van der Waals surface area contributed by atoms with Crippen LogP contribution in [0.15, 0.2) is 40.0 Å². The van der Waals surface area contributed by atoms with Crippen molar-refractivity contribution in [3.05, 3.63) is 35.3 Å². The molecule has 0 bridgehead atoms. The second-order valence-electron chi connectivity index (χ2n) is 8.93. The molecule has 0 aliphatic rings. The van der Waals surface area contributed by atoms with E-state index in [0.29, 0.717) is 13.0 Å². The SMILES string of the molecule is CCN(CCC(=O)CCC(=O)CCC(=O)CCC(=O)CCO)c1ccc(N=Nc2scc[n+]2C)c(C)c1. The Kier molecular flexibility index (Phi) is 12.9. The monoisotopic (exact) mass is 529 g/mol. The van der Waals surface area contributed by atoms with Gasteiger partial charge in [0.05, 0.1) is 12.2 Å². The van der Waals surface area contributed by atoms with Crippen LogP contribution in [-0.4, -0.2) is 47.9 Å². The van der Waals surface area contributed by atoms with Gasteiger partial charge in [-0.25, -0.2) is 4.57 Å². The summed E-state index contributed by atoms with van der Waals surface area (Å²) < 4.78 is 1.91. The maximum absolute atomic E-state index is 12.4. The van der Waals surface area contributed by atoms with Crippen LogP contribution in [0.5, 0.6) is 0 Å². The standard InChI is InChI=1S/C27H37N4O5S/c1-4-31(21-5-12-26(20(2)19-21)28-29-27-30(3)16-18-37-27)15-13-24(35)10-8-22(33)6-7-23(34)9-11-25(36)14-17-32/h5,12,16,18-19,32H,4,6-11,13-15,17H2,1-3H3/q+1. The zero-order valence-electron chi connectivity index (χ0n) is 21.9. The van der Waals surface area contributed by atoms with Gasteiger partial charge in [0.1, 0.15) is 35.0 Å². The Morgan fingerprint density at radius 3 is 1.95 bits per heavy atom. The lowest BCUT2D eigenvalue weighted by Gasteiger charge is -2.23. The van der Waals surface area contributed by atoms with Crippen molar-refractivity contribution in [1.29, 1.82) is 0 Å². The van der Waals surface area contributed by atoms with Gasteiger partial charge in [-0.05, 0) is 54.1 Å². The first kappa shape index (κ1) is 30.1. The van der Waals surface area contributed by atoms with Gasteiger partial charge in [-0.3, -0.25) is 19.2 Å². The first-order chi connectivity index (χ1) is 17.7. The Balaban J connectivity index is 1.75. The largest absolute Gasteiger partial charge is 0.408 e. The minimum Gasteiger partial charge on any atom is -0.396 e. The number of aliphatic hydroxyl groups is 1. The van der Waals surface area contributed by atoms with E-state index < -0.39 is 0 Å². The topological polar surface area (TPSA) is 120 Å². The third-order valence-electron chi connectivity index (χ3n) is 6.03. The van der Waals surface area contributed by atoms with Crippen LogP contribution in [0.1, 0.15) is 63.9 Å². The molecule has 0 spiro atoms. The number of thiazole rings is 1. The van der Waals surface area contributed by atoms with Crippen molar-refractivity contribution in [2.45, 2.75) is 65.2 Å². The Hall–Kier alpha value is -3.11. The number of nitrogens with zero attached hydrogens (tertiary/aromatic N) is 4. The van der Waals surface area contributed by atoms with E-state index >= 15 is 0 Å². The average Bonchev–Trinajstić information content (AvgIpc) is 3.29. The molecule has 10 heteroatoms. The van der Waals surface area contributed by atoms with Crippen molar-refractivity contribution in [1.82, 2.24) is 0 Å². The van der Waals surface area contributed by atoms with Crippen molar-refractivity contribution < 1.29 is 28.9 Å². The maximum Gasteiger partial charge on any atom is 0.408 e. The zero-order valence-corrected chi connectivity index (χ0v) is 22.8. The first-order valence-electron chi connectivity index (χ1n) is 12.6. The van der Waals surface area contributed by atoms with Crippen molar-refractivity contribution >= 4 is 51.0 Å². The summed E-state index contributed by atoms with van der Waals surface area (Å²) in [4.78, 5) is 49.8. The van der Waals surface area contributed by atoms with E-state index in [4.69, 9.17) is 5.11 Å². The van der Waals surface area contributed by atoms with Gasteiger partial charge in [0.15, 0.2) is 0 Å². The quantitative estimate of drug-likeness (QED) is 0.224. The van der Waals surface area contributed by atoms with Crippen LogP contribution in [0.25, 0.3) is 0 Å². The van der Waals surface area contributed by atoms with E-state index in [9.17, 15) is 19.2 Å². The zero-order chi connectivity index (χ0) is 27.2. The van der Waals surface area contributed by atoms with Gasteiger partial charge in [-0.1, -0.05) is 0 Å². The molecule has 0 amide bonds. The molecule has 2 aromatic rings. The number of anilines is 1. The van der Waals surface area contributed by atoms with Crippen LogP contribution in [0, 0.1) is 6.92 Å². The van der Waals surface area contributed by atoms with Gasteiger partial charge in [0.2, 0.25) is 0 Å². The number of carbonyl (C=O) groups is 4. The Bertz CT molecular complexity index is 1110. The van der Waals surface area contributed by atoms with Gasteiger partial charge >= 0.3 is 5.13 Å². The van der Waals surface area contributed by atoms with Crippen LogP contribution >= 0.6 is 11.3 Å². The summed E-state index contributed by atoms with van der Waals surface area (Å²) in [5.74, 6) is -0.410. The molecule has 1 aromatic heterocycles. The molecule has 1 heterocycles. The fourth-order valence-corrected chi connectivity index (χ4v) is 4.34. The predicted molar refractivity (Wildman–Crippen MR) is 143 cm³/mol. The Morgan fingerprint density at radius 2 is 1.46 bits per heavy atom. The highest BCUT2D eigenvalue weighted by Gasteiger charge is 2.14. The minimum absolute atomic E-state index is 0.0127. The van der Waals surface area contributed by atoms with Crippen LogP contribution in [0.3, 0.4) is 0 Å². The molecule has 200 valence electrons. The number of aliphatic hydroxyl groups excluding tert-OH is 1. The molecule has 0 saturated heterocycles. The van der Waals surface area contributed by atoms with Crippen molar-refractivity contribution in [3.8, 4) is 0 Å². The number of aryl methyl sites for hydroxylation is 2. The Morgan fingerprint density at radius 1 is 0.892 bits per heavy atom. The van der Waals surface area contributed by atoms with Crippen LogP contribution in [0.2, 0.25) is 0 Å². The number of azo groups is 1. The number of Topliss-reactive ketones (excluding diaryl/α,β-unsaturated/α-hetero) is 4. The van der Waals surface area contributed by atoms with Crippen LogP contribution < -0.4 is 9.47 Å². The fourth-order valence-electron chi connectivity index (χ4n) is 3.66. The van der Waals surface area contributed by atoms with E-state index in [1.54, 1.807) is 0 Å². The fraction of sp³-hybridized carbons (Fsp3) is 0.519. The highest BCUT2D eigenvalue weighted by Crippen LogP contribution is 2.27. The summed E-state index contributed by atoms with van der Waals surface area (Å²) >= 11 is 1.52. The smallest absolute Gasteiger partial charge is 0.396 e. The summed E-state index contributed by atoms with van der Waals surface area (Å²) in [7, 11) is 1.92. The normalized spacial score (nSPS) is 11.1. The summed E-state index contributed by atoms with van der Waals surface area (Å²) in [6, 6.07) is 5.94. The number of aromatic nitrogens is 1. The van der Waals surface area contributed by atoms with Gasteiger partial charge < -0.3 is 10.0 Å². The second-order valence-corrected chi connectivity index (χ2v) is 9.80. The summed E-state index contributed by atoms with van der Waals surface area (Å²) in [6.07, 6.45) is 2.98. The van der Waals surface area contributed by atoms with E-state index in [1.165, 1.54) is 11.3 Å². The van der Waals surface area contributed by atoms with Crippen molar-refractivity contribution in [2.75, 3.05) is 24.6 Å².